The van der Waals surface area contributed by atoms with E-state index in [1.165, 1.54) is 7.11 Å². The second-order valence-corrected chi connectivity index (χ2v) is 4.44. The van der Waals surface area contributed by atoms with Gasteiger partial charge < -0.3 is 14.6 Å². The Labute approximate surface area is 106 Å². The molecule has 1 atom stereocenters. The van der Waals surface area contributed by atoms with Crippen LogP contribution in [0.15, 0.2) is 10.6 Å². The first kappa shape index (κ1) is 14.2. The van der Waals surface area contributed by atoms with Crippen molar-refractivity contribution in [3.05, 3.63) is 17.5 Å². The minimum absolute atomic E-state index is 0.114. The summed E-state index contributed by atoms with van der Waals surface area (Å²) in [4.78, 5) is 23.2. The third kappa shape index (κ3) is 3.58. The van der Waals surface area contributed by atoms with E-state index in [1.54, 1.807) is 19.9 Å². The highest BCUT2D eigenvalue weighted by Crippen LogP contribution is 2.16. The van der Waals surface area contributed by atoms with Crippen molar-refractivity contribution in [2.45, 2.75) is 39.2 Å². The van der Waals surface area contributed by atoms with Crippen molar-refractivity contribution in [2.24, 2.45) is 0 Å². The second kappa shape index (κ2) is 5.66. The molecule has 1 aromatic heterocycles. The van der Waals surface area contributed by atoms with Gasteiger partial charge in [-0.3, -0.25) is 9.59 Å². The molecule has 0 aliphatic carbocycles. The van der Waals surface area contributed by atoms with Crippen LogP contribution in [0.5, 0.6) is 0 Å². The van der Waals surface area contributed by atoms with Crippen LogP contribution in [0.1, 0.15) is 42.9 Å². The number of hydrogen-bond donors (Lipinski definition) is 1. The van der Waals surface area contributed by atoms with Gasteiger partial charge in [0, 0.05) is 11.6 Å². The molecule has 6 heteroatoms. The maximum atomic E-state index is 11.9. The van der Waals surface area contributed by atoms with Gasteiger partial charge in [-0.15, -0.1) is 0 Å². The molecule has 1 unspecified atom stereocenters. The normalized spacial score (nSPS) is 13.8. The van der Waals surface area contributed by atoms with Gasteiger partial charge in [0.05, 0.1) is 13.5 Å². The van der Waals surface area contributed by atoms with Crippen LogP contribution in [-0.2, 0) is 9.53 Å². The van der Waals surface area contributed by atoms with Crippen molar-refractivity contribution in [1.29, 1.82) is 0 Å². The van der Waals surface area contributed by atoms with Gasteiger partial charge in [-0.25, -0.2) is 0 Å². The summed E-state index contributed by atoms with van der Waals surface area (Å²) in [5.41, 5.74) is -0.450. The number of aryl methyl sites for hydroxylation is 1. The van der Waals surface area contributed by atoms with Gasteiger partial charge in [-0.05, 0) is 20.3 Å². The van der Waals surface area contributed by atoms with Crippen molar-refractivity contribution in [3.8, 4) is 0 Å². The van der Waals surface area contributed by atoms with Crippen LogP contribution < -0.4 is 5.32 Å². The summed E-state index contributed by atoms with van der Waals surface area (Å²) < 4.78 is 9.45. The average Bonchev–Trinajstić information content (AvgIpc) is 2.75. The monoisotopic (exact) mass is 254 g/mol. The Morgan fingerprint density at radius 2 is 2.22 bits per heavy atom. The predicted octanol–water partition coefficient (Wildman–Crippen LogP) is 1.44. The van der Waals surface area contributed by atoms with Crippen LogP contribution in [-0.4, -0.2) is 29.7 Å². The molecule has 1 amide bonds. The molecule has 100 valence electrons. The number of methoxy groups -OCH3 is 1. The summed E-state index contributed by atoms with van der Waals surface area (Å²) in [7, 11) is 1.32. The Bertz CT molecular complexity index is 441. The fourth-order valence-corrected chi connectivity index (χ4v) is 1.46. The van der Waals surface area contributed by atoms with Gasteiger partial charge in [-0.2, -0.15) is 0 Å². The molecule has 0 radical (unpaired) electrons. The van der Waals surface area contributed by atoms with E-state index in [0.29, 0.717) is 12.2 Å². The van der Waals surface area contributed by atoms with Crippen LogP contribution in [0, 0.1) is 6.92 Å². The van der Waals surface area contributed by atoms with Gasteiger partial charge in [0.15, 0.2) is 5.69 Å². The summed E-state index contributed by atoms with van der Waals surface area (Å²) in [5.74, 6) is -0.164. The molecular weight excluding hydrogens is 236 g/mol. The van der Waals surface area contributed by atoms with E-state index in [4.69, 9.17) is 4.52 Å². The zero-order valence-electron chi connectivity index (χ0n) is 11.1. The molecule has 6 nitrogen and oxygen atoms in total. The molecule has 0 aliphatic rings. The van der Waals surface area contributed by atoms with Gasteiger partial charge >= 0.3 is 5.97 Å². The second-order valence-electron chi connectivity index (χ2n) is 4.44. The quantitative estimate of drug-likeness (QED) is 0.804. The molecule has 0 aromatic carbocycles. The van der Waals surface area contributed by atoms with Crippen molar-refractivity contribution < 1.29 is 18.8 Å². The Balaban J connectivity index is 2.73. The van der Waals surface area contributed by atoms with E-state index in [0.717, 1.165) is 0 Å². The van der Waals surface area contributed by atoms with Crippen molar-refractivity contribution >= 4 is 11.9 Å². The van der Waals surface area contributed by atoms with Crippen LogP contribution in [0.4, 0.5) is 0 Å². The molecule has 0 bridgehead atoms. The lowest BCUT2D eigenvalue weighted by atomic mass is 9.94. The third-order valence-electron chi connectivity index (χ3n) is 2.82. The van der Waals surface area contributed by atoms with E-state index < -0.39 is 5.54 Å². The number of carbonyl (C=O) groups excluding carboxylic acids is 2. The van der Waals surface area contributed by atoms with Gasteiger partial charge in [0.25, 0.3) is 5.91 Å². The van der Waals surface area contributed by atoms with E-state index in [2.05, 4.69) is 15.2 Å². The number of amides is 1. The fraction of sp³-hybridized carbons (Fsp3) is 0.583. The number of aromatic nitrogens is 1. The standard InChI is InChI=1S/C12H18N2O4/c1-5-12(3,7-10(15)17-4)13-11(16)9-6-8(2)18-14-9/h6H,5,7H2,1-4H3,(H,13,16). The van der Waals surface area contributed by atoms with Gasteiger partial charge in [0.1, 0.15) is 5.76 Å². The Morgan fingerprint density at radius 3 is 2.67 bits per heavy atom. The van der Waals surface area contributed by atoms with E-state index in [1.807, 2.05) is 6.92 Å². The summed E-state index contributed by atoms with van der Waals surface area (Å²) in [6.45, 7) is 5.38. The van der Waals surface area contributed by atoms with E-state index in [9.17, 15) is 9.59 Å². The lowest BCUT2D eigenvalue weighted by Crippen LogP contribution is -2.47. The van der Waals surface area contributed by atoms with Crippen molar-refractivity contribution in [3.63, 3.8) is 0 Å². The summed E-state index contributed by atoms with van der Waals surface area (Å²) in [6.07, 6.45) is 0.716. The molecule has 0 fully saturated rings. The molecule has 0 saturated heterocycles. The molecule has 0 spiro atoms. The smallest absolute Gasteiger partial charge is 0.307 e. The van der Waals surface area contributed by atoms with E-state index >= 15 is 0 Å². The lowest BCUT2D eigenvalue weighted by Gasteiger charge is -2.27. The first-order chi connectivity index (χ1) is 8.40. The van der Waals surface area contributed by atoms with Crippen LogP contribution in [0.25, 0.3) is 0 Å². The van der Waals surface area contributed by atoms with Crippen LogP contribution in [0.3, 0.4) is 0 Å². The topological polar surface area (TPSA) is 81.4 Å². The number of nitrogens with one attached hydrogen (secondary N) is 1. The third-order valence-corrected chi connectivity index (χ3v) is 2.82. The zero-order chi connectivity index (χ0) is 13.8. The first-order valence-electron chi connectivity index (χ1n) is 5.73. The van der Waals surface area contributed by atoms with Gasteiger partial charge in [0.2, 0.25) is 0 Å². The predicted molar refractivity (Wildman–Crippen MR) is 64.0 cm³/mol. The van der Waals surface area contributed by atoms with Crippen molar-refractivity contribution in [2.75, 3.05) is 7.11 Å². The maximum absolute atomic E-state index is 11.9. The number of esters is 1. The number of nitrogens with zero attached hydrogens (tertiary/aromatic N) is 1. The summed E-state index contributed by atoms with van der Waals surface area (Å²) in [5, 5.41) is 6.41. The SMILES string of the molecule is CCC(C)(CC(=O)OC)NC(=O)c1cc(C)on1. The minimum Gasteiger partial charge on any atom is -0.469 e. The molecule has 0 saturated carbocycles. The molecule has 1 N–H and O–H groups in total. The summed E-state index contributed by atoms with van der Waals surface area (Å²) in [6, 6.07) is 1.55. The minimum atomic E-state index is -0.656. The maximum Gasteiger partial charge on any atom is 0.307 e. The fourth-order valence-electron chi connectivity index (χ4n) is 1.46. The highest BCUT2D eigenvalue weighted by Gasteiger charge is 2.29. The average molecular weight is 254 g/mol. The molecular formula is C12H18N2O4. The number of hydrogen-bond acceptors (Lipinski definition) is 5. The number of rotatable bonds is 5. The van der Waals surface area contributed by atoms with Crippen LogP contribution >= 0.6 is 0 Å². The highest BCUT2D eigenvalue weighted by molar-refractivity contribution is 5.93. The molecule has 18 heavy (non-hydrogen) atoms. The van der Waals surface area contributed by atoms with Crippen molar-refractivity contribution in [1.82, 2.24) is 10.5 Å². The Kier molecular flexibility index (Phi) is 4.47. The molecule has 1 aromatic rings. The summed E-state index contributed by atoms with van der Waals surface area (Å²) >= 11 is 0. The molecule has 1 heterocycles. The highest BCUT2D eigenvalue weighted by atomic mass is 16.5. The van der Waals surface area contributed by atoms with Crippen LogP contribution in [0.2, 0.25) is 0 Å². The lowest BCUT2D eigenvalue weighted by molar-refractivity contribution is -0.142. The zero-order valence-corrected chi connectivity index (χ0v) is 11.1. The first-order valence-corrected chi connectivity index (χ1v) is 5.73. The van der Waals surface area contributed by atoms with Gasteiger partial charge in [-0.1, -0.05) is 12.1 Å². The Morgan fingerprint density at radius 1 is 1.56 bits per heavy atom. The molecule has 0 aliphatic heterocycles. The number of carbonyl (C=O) groups is 2. The Hall–Kier alpha value is -1.85. The number of ether oxygens (including phenoxy) is 1. The largest absolute Gasteiger partial charge is 0.469 e. The molecule has 1 rings (SSSR count). The van der Waals surface area contributed by atoms with E-state index in [-0.39, 0.29) is 24.0 Å².